The number of hydrogen-bond acceptors (Lipinski definition) is 6. The summed E-state index contributed by atoms with van der Waals surface area (Å²) in [5.41, 5.74) is 5.08. The molecule has 0 unspecified atom stereocenters. The van der Waals surface area contributed by atoms with Crippen molar-refractivity contribution in [2.75, 3.05) is 12.0 Å². The molecule has 1 aliphatic heterocycles. The molecule has 1 heterocycles. The van der Waals surface area contributed by atoms with Gasteiger partial charge in [0, 0.05) is 6.21 Å². The Labute approximate surface area is 178 Å². The van der Waals surface area contributed by atoms with Crippen LogP contribution in [0.1, 0.15) is 21.5 Å². The van der Waals surface area contributed by atoms with E-state index in [0.717, 1.165) is 17.3 Å². The number of carbonyl (C=O) groups excluding carboxylic acids is 3. The zero-order chi connectivity index (χ0) is 21.8. The van der Waals surface area contributed by atoms with Gasteiger partial charge >= 0.3 is 0 Å². The maximum Gasteiger partial charge on any atom is 0.275 e. The molecule has 9 heteroatoms. The molecule has 0 aromatic heterocycles. The van der Waals surface area contributed by atoms with Crippen LogP contribution in [-0.2, 0) is 9.59 Å². The number of nitrogens with one attached hydrogen (secondary N) is 2. The van der Waals surface area contributed by atoms with E-state index in [9.17, 15) is 14.4 Å². The van der Waals surface area contributed by atoms with Crippen molar-refractivity contribution >= 4 is 47.0 Å². The smallest absolute Gasteiger partial charge is 0.275 e. The second-order valence-corrected chi connectivity index (χ2v) is 7.09. The lowest BCUT2D eigenvalue weighted by atomic mass is 10.1. The number of ether oxygens (including phenoxy) is 1. The highest BCUT2D eigenvalue weighted by atomic mass is 32.1. The average Bonchev–Trinajstić information content (AvgIpc) is 2.71. The van der Waals surface area contributed by atoms with E-state index in [1.807, 2.05) is 26.0 Å². The molecular formula is C21H20N4O4S. The molecule has 30 heavy (non-hydrogen) atoms. The van der Waals surface area contributed by atoms with Crippen LogP contribution in [0.4, 0.5) is 5.69 Å². The first-order valence-electron chi connectivity index (χ1n) is 9.05. The first kappa shape index (κ1) is 21.1. The number of nitrogens with zero attached hydrogens (tertiary/aromatic N) is 2. The van der Waals surface area contributed by atoms with Crippen LogP contribution in [0.2, 0.25) is 0 Å². The van der Waals surface area contributed by atoms with E-state index in [1.54, 1.807) is 30.3 Å². The number of anilines is 1. The number of methoxy groups -OCH3 is 1. The Kier molecular flexibility index (Phi) is 6.22. The highest BCUT2D eigenvalue weighted by molar-refractivity contribution is 7.80. The van der Waals surface area contributed by atoms with Gasteiger partial charge in [-0.15, -0.1) is 0 Å². The molecule has 154 valence electrons. The average molecular weight is 424 g/mol. The molecule has 0 saturated carbocycles. The van der Waals surface area contributed by atoms with E-state index in [-0.39, 0.29) is 10.7 Å². The maximum absolute atomic E-state index is 12.9. The van der Waals surface area contributed by atoms with Crippen molar-refractivity contribution in [3.63, 3.8) is 0 Å². The van der Waals surface area contributed by atoms with Gasteiger partial charge in [0.25, 0.3) is 11.8 Å². The fourth-order valence-electron chi connectivity index (χ4n) is 2.88. The number of rotatable bonds is 5. The minimum absolute atomic E-state index is 0.00747. The van der Waals surface area contributed by atoms with E-state index < -0.39 is 23.6 Å². The van der Waals surface area contributed by atoms with Crippen LogP contribution in [0.5, 0.6) is 5.75 Å². The number of hydrogen-bond donors (Lipinski definition) is 2. The lowest BCUT2D eigenvalue weighted by molar-refractivity contribution is -0.130. The third-order valence-corrected chi connectivity index (χ3v) is 4.77. The standard InChI is InChI=1S/C21H20N4O4S/c1-12-4-7-14(8-5-12)25-20(28)16(18(26)23-21(25)30)11-22-24-19(27)15-9-6-13(2)10-17(15)29-3/h4-11,16H,1-3H3,(H,24,27)(H,23,26,30)/b22-11+/t16-/m0/s1. The van der Waals surface area contributed by atoms with Crippen LogP contribution < -0.4 is 20.4 Å². The van der Waals surface area contributed by atoms with Gasteiger partial charge in [-0.1, -0.05) is 23.8 Å². The fraction of sp³-hybridized carbons (Fsp3) is 0.190. The van der Waals surface area contributed by atoms with Crippen molar-refractivity contribution in [3.05, 3.63) is 59.2 Å². The Morgan fingerprint density at radius 3 is 2.50 bits per heavy atom. The van der Waals surface area contributed by atoms with Gasteiger partial charge in [-0.3, -0.25) is 19.3 Å². The molecule has 1 saturated heterocycles. The molecule has 0 radical (unpaired) electrons. The number of thiocarbonyl (C=S) groups is 1. The summed E-state index contributed by atoms with van der Waals surface area (Å²) in [6, 6.07) is 12.2. The predicted molar refractivity (Wildman–Crippen MR) is 117 cm³/mol. The SMILES string of the molecule is COc1cc(C)ccc1C(=O)N/N=C/[C@H]1C(=O)NC(=S)N(c2ccc(C)cc2)C1=O. The summed E-state index contributed by atoms with van der Waals surface area (Å²) in [5.74, 6) is -2.54. The van der Waals surface area contributed by atoms with Gasteiger partial charge in [0.15, 0.2) is 11.0 Å². The Bertz CT molecular complexity index is 1050. The normalized spacial score (nSPS) is 16.6. The molecule has 2 aromatic rings. The summed E-state index contributed by atoms with van der Waals surface area (Å²) < 4.78 is 5.21. The predicted octanol–water partition coefficient (Wildman–Crippen LogP) is 2.09. The van der Waals surface area contributed by atoms with Crippen molar-refractivity contribution in [3.8, 4) is 5.75 Å². The zero-order valence-electron chi connectivity index (χ0n) is 16.6. The van der Waals surface area contributed by atoms with Gasteiger partial charge in [0.2, 0.25) is 5.91 Å². The molecule has 1 aliphatic rings. The van der Waals surface area contributed by atoms with E-state index in [4.69, 9.17) is 17.0 Å². The van der Waals surface area contributed by atoms with E-state index in [1.165, 1.54) is 12.0 Å². The van der Waals surface area contributed by atoms with Gasteiger partial charge in [0.05, 0.1) is 18.4 Å². The molecular weight excluding hydrogens is 404 g/mol. The number of amides is 3. The molecule has 0 aliphatic carbocycles. The quantitative estimate of drug-likeness (QED) is 0.331. The number of carbonyl (C=O) groups is 3. The molecule has 0 spiro atoms. The monoisotopic (exact) mass is 424 g/mol. The Balaban J connectivity index is 1.76. The molecule has 1 fully saturated rings. The minimum atomic E-state index is -1.24. The highest BCUT2D eigenvalue weighted by Gasteiger charge is 2.38. The molecule has 3 amide bonds. The Morgan fingerprint density at radius 2 is 1.83 bits per heavy atom. The van der Waals surface area contributed by atoms with Crippen molar-refractivity contribution in [2.24, 2.45) is 11.0 Å². The maximum atomic E-state index is 12.9. The largest absolute Gasteiger partial charge is 0.496 e. The molecule has 0 bridgehead atoms. The van der Waals surface area contributed by atoms with E-state index >= 15 is 0 Å². The summed E-state index contributed by atoms with van der Waals surface area (Å²) in [4.78, 5) is 38.8. The fourth-order valence-corrected chi connectivity index (χ4v) is 3.17. The van der Waals surface area contributed by atoms with Crippen molar-refractivity contribution in [2.45, 2.75) is 13.8 Å². The van der Waals surface area contributed by atoms with E-state index in [0.29, 0.717) is 11.4 Å². The third-order valence-electron chi connectivity index (χ3n) is 4.49. The van der Waals surface area contributed by atoms with Crippen LogP contribution >= 0.6 is 12.2 Å². The van der Waals surface area contributed by atoms with Crippen molar-refractivity contribution < 1.29 is 19.1 Å². The van der Waals surface area contributed by atoms with Crippen LogP contribution in [0.3, 0.4) is 0 Å². The highest BCUT2D eigenvalue weighted by Crippen LogP contribution is 2.21. The molecule has 2 aromatic carbocycles. The minimum Gasteiger partial charge on any atom is -0.496 e. The lowest BCUT2D eigenvalue weighted by Gasteiger charge is -2.30. The number of hydrazone groups is 1. The van der Waals surface area contributed by atoms with Crippen molar-refractivity contribution in [1.29, 1.82) is 0 Å². The molecule has 3 rings (SSSR count). The number of benzene rings is 2. The van der Waals surface area contributed by atoms with Crippen LogP contribution in [-0.4, -0.2) is 36.2 Å². The van der Waals surface area contributed by atoms with E-state index in [2.05, 4.69) is 15.8 Å². The van der Waals surface area contributed by atoms with Gasteiger partial charge in [-0.25, -0.2) is 5.43 Å². The first-order valence-corrected chi connectivity index (χ1v) is 9.46. The van der Waals surface area contributed by atoms with Crippen LogP contribution in [0.25, 0.3) is 0 Å². The molecule has 8 nitrogen and oxygen atoms in total. The molecule has 1 atom stereocenters. The summed E-state index contributed by atoms with van der Waals surface area (Å²) in [5, 5.41) is 6.29. The Morgan fingerprint density at radius 1 is 1.17 bits per heavy atom. The van der Waals surface area contributed by atoms with Crippen LogP contribution in [0, 0.1) is 19.8 Å². The summed E-state index contributed by atoms with van der Waals surface area (Å²) in [6.07, 6.45) is 1.08. The van der Waals surface area contributed by atoms with Crippen LogP contribution in [0.15, 0.2) is 47.6 Å². The summed E-state index contributed by atoms with van der Waals surface area (Å²) >= 11 is 5.15. The second kappa shape index (κ2) is 8.83. The first-order chi connectivity index (χ1) is 14.3. The van der Waals surface area contributed by atoms with Gasteiger partial charge < -0.3 is 10.1 Å². The summed E-state index contributed by atoms with van der Waals surface area (Å²) in [7, 11) is 1.46. The molecule has 2 N–H and O–H groups in total. The Hall–Kier alpha value is -3.59. The number of aryl methyl sites for hydroxylation is 2. The third kappa shape index (κ3) is 4.36. The van der Waals surface area contributed by atoms with Gasteiger partial charge in [-0.2, -0.15) is 5.10 Å². The summed E-state index contributed by atoms with van der Waals surface area (Å²) in [6.45, 7) is 3.79. The van der Waals surface area contributed by atoms with Gasteiger partial charge in [0.1, 0.15) is 5.75 Å². The van der Waals surface area contributed by atoms with Crippen molar-refractivity contribution in [1.82, 2.24) is 10.7 Å². The second-order valence-electron chi connectivity index (χ2n) is 6.70. The van der Waals surface area contributed by atoms with Gasteiger partial charge in [-0.05, 0) is 55.9 Å². The zero-order valence-corrected chi connectivity index (χ0v) is 17.4. The lowest BCUT2D eigenvalue weighted by Crippen LogP contribution is -2.58. The topological polar surface area (TPSA) is 100 Å².